The number of nitrogens with zero attached hydrogens (tertiary/aromatic N) is 2. The standard InChI is InChI=1S/C28H26ClN2/c1-28(2)26(31(4)24-15-12-19-8-5-6-10-23(19)27(24)28)11-7-9-20-16-17-30(3)25-18-21(29)13-14-22(20)25/h5-18H,1-4H3/q+1. The second-order valence-electron chi connectivity index (χ2n) is 8.82. The van der Waals surface area contributed by atoms with Gasteiger partial charge in [-0.3, -0.25) is 0 Å². The van der Waals surface area contributed by atoms with Gasteiger partial charge in [-0.25, -0.2) is 4.57 Å². The highest BCUT2D eigenvalue weighted by atomic mass is 35.5. The number of aromatic nitrogens is 1. The van der Waals surface area contributed by atoms with Crippen molar-refractivity contribution in [2.75, 3.05) is 11.9 Å². The van der Waals surface area contributed by atoms with Crippen molar-refractivity contribution in [2.24, 2.45) is 7.05 Å². The third-order valence-corrected chi connectivity index (χ3v) is 6.79. The van der Waals surface area contributed by atoms with E-state index in [1.165, 1.54) is 38.7 Å². The van der Waals surface area contributed by atoms with Crippen LogP contribution in [0.25, 0.3) is 27.8 Å². The van der Waals surface area contributed by atoms with Crippen LogP contribution in [0.15, 0.2) is 84.7 Å². The second kappa shape index (κ2) is 7.25. The van der Waals surface area contributed by atoms with Crippen LogP contribution in [0.2, 0.25) is 5.02 Å². The van der Waals surface area contributed by atoms with Gasteiger partial charge in [0.25, 0.3) is 0 Å². The van der Waals surface area contributed by atoms with E-state index in [9.17, 15) is 0 Å². The van der Waals surface area contributed by atoms with Crippen molar-refractivity contribution >= 4 is 45.0 Å². The Labute approximate surface area is 188 Å². The van der Waals surface area contributed by atoms with E-state index in [1.807, 2.05) is 19.2 Å². The monoisotopic (exact) mass is 425 g/mol. The summed E-state index contributed by atoms with van der Waals surface area (Å²) in [5, 5.41) is 4.58. The summed E-state index contributed by atoms with van der Waals surface area (Å²) < 4.78 is 2.10. The van der Waals surface area contributed by atoms with Crippen LogP contribution in [-0.2, 0) is 12.5 Å². The van der Waals surface area contributed by atoms with E-state index < -0.39 is 0 Å². The molecule has 2 heterocycles. The zero-order valence-electron chi connectivity index (χ0n) is 18.4. The molecule has 0 atom stereocenters. The van der Waals surface area contributed by atoms with E-state index >= 15 is 0 Å². The Bertz CT molecular complexity index is 1400. The van der Waals surface area contributed by atoms with E-state index in [0.29, 0.717) is 0 Å². The number of anilines is 1. The molecule has 31 heavy (non-hydrogen) atoms. The fourth-order valence-corrected chi connectivity index (χ4v) is 5.15. The maximum Gasteiger partial charge on any atom is 0.214 e. The van der Waals surface area contributed by atoms with E-state index in [1.54, 1.807) is 0 Å². The first-order chi connectivity index (χ1) is 14.9. The molecule has 1 aromatic heterocycles. The summed E-state index contributed by atoms with van der Waals surface area (Å²) in [5.41, 5.74) is 6.22. The molecule has 0 unspecified atom stereocenters. The summed E-state index contributed by atoms with van der Waals surface area (Å²) in [7, 11) is 4.22. The Hall–Kier alpha value is -3.10. The van der Waals surface area contributed by atoms with Crippen LogP contribution < -0.4 is 9.47 Å². The maximum atomic E-state index is 6.22. The number of hydrogen-bond donors (Lipinski definition) is 0. The van der Waals surface area contributed by atoms with Gasteiger partial charge in [0.2, 0.25) is 5.52 Å². The lowest BCUT2D eigenvalue weighted by Crippen LogP contribution is -2.28. The molecule has 2 nitrogen and oxygen atoms in total. The van der Waals surface area contributed by atoms with Crippen LogP contribution >= 0.6 is 11.6 Å². The highest BCUT2D eigenvalue weighted by molar-refractivity contribution is 6.31. The van der Waals surface area contributed by atoms with Crippen LogP contribution in [-0.4, -0.2) is 7.05 Å². The summed E-state index contributed by atoms with van der Waals surface area (Å²) in [5.74, 6) is 0. The Kier molecular flexibility index (Phi) is 4.64. The third-order valence-electron chi connectivity index (χ3n) is 6.55. The topological polar surface area (TPSA) is 7.12 Å². The van der Waals surface area contributed by atoms with Gasteiger partial charge in [-0.2, -0.15) is 0 Å². The lowest BCUT2D eigenvalue weighted by atomic mass is 9.81. The summed E-state index contributed by atoms with van der Waals surface area (Å²) in [4.78, 5) is 2.33. The van der Waals surface area contributed by atoms with Crippen molar-refractivity contribution in [2.45, 2.75) is 19.3 Å². The minimum absolute atomic E-state index is 0.0754. The molecule has 5 rings (SSSR count). The van der Waals surface area contributed by atoms with Crippen LogP contribution in [0, 0.1) is 0 Å². The van der Waals surface area contributed by atoms with Crippen molar-refractivity contribution < 1.29 is 4.57 Å². The SMILES string of the molecule is CN1C(=CC=Cc2cc[n+](C)c3cc(Cl)ccc23)C(C)(C)c2c1ccc1ccccc21. The molecule has 0 saturated carbocycles. The van der Waals surface area contributed by atoms with Gasteiger partial charge in [-0.05, 0) is 46.2 Å². The van der Waals surface area contributed by atoms with Gasteiger partial charge in [-0.1, -0.05) is 67.9 Å². The van der Waals surface area contributed by atoms with Crippen molar-refractivity contribution in [1.82, 2.24) is 0 Å². The predicted molar refractivity (Wildman–Crippen MR) is 133 cm³/mol. The molecule has 0 spiro atoms. The molecule has 3 aromatic carbocycles. The van der Waals surface area contributed by atoms with Gasteiger partial charge in [0.1, 0.15) is 7.05 Å². The Balaban J connectivity index is 1.58. The fraction of sp³-hybridized carbons (Fsp3) is 0.179. The molecule has 0 radical (unpaired) electrons. The van der Waals surface area contributed by atoms with Crippen LogP contribution in [0.5, 0.6) is 0 Å². The Morgan fingerprint density at radius 3 is 2.61 bits per heavy atom. The maximum absolute atomic E-state index is 6.22. The third kappa shape index (κ3) is 3.14. The van der Waals surface area contributed by atoms with Crippen molar-refractivity contribution in [3.63, 3.8) is 0 Å². The Morgan fingerprint density at radius 2 is 1.77 bits per heavy atom. The lowest BCUT2D eigenvalue weighted by Gasteiger charge is -2.24. The second-order valence-corrected chi connectivity index (χ2v) is 9.26. The number of allylic oxidation sites excluding steroid dienone is 3. The van der Waals surface area contributed by atoms with Gasteiger partial charge >= 0.3 is 0 Å². The number of benzene rings is 3. The molecule has 0 amide bonds. The molecule has 0 aliphatic carbocycles. The highest BCUT2D eigenvalue weighted by Crippen LogP contribution is 2.49. The molecule has 0 bridgehead atoms. The van der Waals surface area contributed by atoms with E-state index in [2.05, 4.69) is 103 Å². The average molecular weight is 426 g/mol. The first-order valence-corrected chi connectivity index (χ1v) is 11.0. The molecule has 1 aliphatic rings. The molecule has 0 saturated heterocycles. The summed E-state index contributed by atoms with van der Waals surface area (Å²) in [6, 6.07) is 21.4. The fourth-order valence-electron chi connectivity index (χ4n) is 4.98. The first kappa shape index (κ1) is 19.8. The summed E-state index contributed by atoms with van der Waals surface area (Å²) in [6.45, 7) is 4.64. The van der Waals surface area contributed by atoms with Crippen LogP contribution in [0.3, 0.4) is 0 Å². The summed E-state index contributed by atoms with van der Waals surface area (Å²) in [6.07, 6.45) is 8.70. The molecule has 0 fully saturated rings. The molecular formula is C28H26ClN2+. The molecule has 154 valence electrons. The van der Waals surface area contributed by atoms with Crippen LogP contribution in [0.1, 0.15) is 25.0 Å². The zero-order chi connectivity index (χ0) is 21.8. The predicted octanol–water partition coefficient (Wildman–Crippen LogP) is 6.80. The van der Waals surface area contributed by atoms with Crippen molar-refractivity contribution in [1.29, 1.82) is 0 Å². The minimum atomic E-state index is -0.0754. The molecule has 4 aromatic rings. The van der Waals surface area contributed by atoms with Crippen molar-refractivity contribution in [3.05, 3.63) is 101 Å². The van der Waals surface area contributed by atoms with Gasteiger partial charge in [-0.15, -0.1) is 0 Å². The number of rotatable bonds is 2. The van der Waals surface area contributed by atoms with Crippen molar-refractivity contribution in [3.8, 4) is 0 Å². The number of likely N-dealkylation sites (N-methyl/N-ethyl adjacent to an activating group) is 1. The normalized spacial score (nSPS) is 16.7. The number of hydrogen-bond acceptors (Lipinski definition) is 1. The van der Waals surface area contributed by atoms with Gasteiger partial charge < -0.3 is 4.90 Å². The summed E-state index contributed by atoms with van der Waals surface area (Å²) >= 11 is 6.22. The van der Waals surface area contributed by atoms with E-state index in [-0.39, 0.29) is 5.41 Å². The molecule has 3 heteroatoms. The molecular weight excluding hydrogens is 400 g/mol. The molecule has 1 aliphatic heterocycles. The number of aryl methyl sites for hydroxylation is 1. The van der Waals surface area contributed by atoms with Gasteiger partial charge in [0.15, 0.2) is 6.20 Å². The number of pyridine rings is 1. The Morgan fingerprint density at radius 1 is 0.968 bits per heavy atom. The number of halogens is 1. The minimum Gasteiger partial charge on any atom is -0.347 e. The van der Waals surface area contributed by atoms with E-state index in [4.69, 9.17) is 11.6 Å². The largest absolute Gasteiger partial charge is 0.347 e. The number of fused-ring (bicyclic) bond motifs is 4. The quantitative estimate of drug-likeness (QED) is 0.320. The van der Waals surface area contributed by atoms with Gasteiger partial charge in [0.05, 0.1) is 5.39 Å². The first-order valence-electron chi connectivity index (χ1n) is 10.6. The highest BCUT2D eigenvalue weighted by Gasteiger charge is 2.39. The smallest absolute Gasteiger partial charge is 0.214 e. The molecule has 0 N–H and O–H groups in total. The van der Waals surface area contributed by atoms with Crippen LogP contribution in [0.4, 0.5) is 5.69 Å². The van der Waals surface area contributed by atoms with Gasteiger partial charge in [0, 0.05) is 41.0 Å². The lowest BCUT2D eigenvalue weighted by molar-refractivity contribution is -0.644. The van der Waals surface area contributed by atoms with E-state index in [0.717, 1.165) is 10.5 Å². The zero-order valence-corrected chi connectivity index (χ0v) is 19.1. The average Bonchev–Trinajstić information content (AvgIpc) is 2.96.